The fourth-order valence-corrected chi connectivity index (χ4v) is 4.38. The van der Waals surface area contributed by atoms with Gasteiger partial charge in [0.05, 0.1) is 24.4 Å². The largest absolute Gasteiger partial charge is 0.394 e. The van der Waals surface area contributed by atoms with Crippen LogP contribution in [0.4, 0.5) is 27.8 Å². The molecule has 0 spiro atoms. The number of pyridine rings is 1. The zero-order chi connectivity index (χ0) is 27.6. The maximum atomic E-state index is 15.1. The number of nitrogens with one attached hydrogen (secondary N) is 1. The van der Waals surface area contributed by atoms with Crippen LogP contribution in [0.25, 0.3) is 22.3 Å². The fraction of sp³-hybridized carbons (Fsp3) is 0.269. The number of carbonyl (C=O) groups is 1. The number of amides is 1. The number of alkyl halides is 3. The minimum atomic E-state index is -2.82. The van der Waals surface area contributed by atoms with Crippen molar-refractivity contribution < 1.29 is 31.9 Å². The van der Waals surface area contributed by atoms with Crippen LogP contribution in [0.3, 0.4) is 0 Å². The van der Waals surface area contributed by atoms with Gasteiger partial charge in [-0.25, -0.2) is 22.8 Å². The third-order valence-corrected chi connectivity index (χ3v) is 6.40. The Balaban J connectivity index is 1.58. The molecule has 1 aliphatic carbocycles. The lowest BCUT2D eigenvalue weighted by Gasteiger charge is -2.27. The molecule has 2 atom stereocenters. The topological polar surface area (TPSA) is 106 Å². The van der Waals surface area contributed by atoms with Crippen LogP contribution in [0.5, 0.6) is 0 Å². The molecule has 7 nitrogen and oxygen atoms in total. The molecule has 0 fully saturated rings. The van der Waals surface area contributed by atoms with Crippen molar-refractivity contribution in [3.8, 4) is 22.3 Å². The average molecular weight is 534 g/mol. The van der Waals surface area contributed by atoms with E-state index in [0.29, 0.717) is 21.4 Å². The van der Waals surface area contributed by atoms with Gasteiger partial charge in [0.1, 0.15) is 24.1 Å². The maximum absolute atomic E-state index is 15.1. The Bertz CT molecular complexity index is 1420. The van der Waals surface area contributed by atoms with E-state index in [4.69, 9.17) is 5.73 Å². The molecule has 0 aliphatic heterocycles. The molecule has 1 aromatic carbocycles. The van der Waals surface area contributed by atoms with Gasteiger partial charge in [-0.3, -0.25) is 4.79 Å². The molecule has 4 rings (SSSR count). The highest BCUT2D eigenvalue weighted by molar-refractivity contribution is 5.95. The molecule has 0 saturated heterocycles. The van der Waals surface area contributed by atoms with Crippen LogP contribution in [0.2, 0.25) is 0 Å². The highest BCUT2D eigenvalue weighted by Gasteiger charge is 2.27. The number of carbonyl (C=O) groups excluding carboxylic acids is 1. The number of aliphatic hydroxyl groups excluding tert-OH is 1. The summed E-state index contributed by atoms with van der Waals surface area (Å²) in [5.74, 6) is -3.10. The molecule has 4 N–H and O–H groups in total. The number of aliphatic hydroxyl groups is 1. The van der Waals surface area contributed by atoms with Gasteiger partial charge >= 0.3 is 6.55 Å². The summed E-state index contributed by atoms with van der Waals surface area (Å²) in [5, 5.41) is 15.9. The third kappa shape index (κ3) is 5.44. The third-order valence-electron chi connectivity index (χ3n) is 6.40. The molecule has 3 aromatic rings. The number of hydrogen-bond acceptors (Lipinski definition) is 5. The summed E-state index contributed by atoms with van der Waals surface area (Å²) in [5.41, 5.74) is 7.44. The number of nitrogens with zero attached hydrogens (tertiary/aromatic N) is 3. The summed E-state index contributed by atoms with van der Waals surface area (Å²) in [4.78, 5) is 16.9. The van der Waals surface area contributed by atoms with Crippen molar-refractivity contribution >= 4 is 11.7 Å². The minimum absolute atomic E-state index is 0.0486. The average Bonchev–Trinajstić information content (AvgIpc) is 3.28. The number of benzene rings is 1. The molecule has 38 heavy (non-hydrogen) atoms. The predicted molar refractivity (Wildman–Crippen MR) is 131 cm³/mol. The molecule has 0 bridgehead atoms. The van der Waals surface area contributed by atoms with Crippen LogP contribution < -0.4 is 11.1 Å². The Morgan fingerprint density at radius 3 is 2.61 bits per heavy atom. The molecule has 2 heterocycles. The summed E-state index contributed by atoms with van der Waals surface area (Å²) < 4.78 is 68.7. The Kier molecular flexibility index (Phi) is 7.91. The van der Waals surface area contributed by atoms with Crippen molar-refractivity contribution in [2.75, 3.05) is 19.0 Å². The van der Waals surface area contributed by atoms with E-state index < -0.39 is 49.3 Å². The number of aromatic nitrogens is 3. The van der Waals surface area contributed by atoms with E-state index in [1.807, 2.05) is 0 Å². The number of anilines is 1. The van der Waals surface area contributed by atoms with Gasteiger partial charge in [-0.15, -0.1) is 0 Å². The van der Waals surface area contributed by atoms with Crippen molar-refractivity contribution in [3.63, 3.8) is 0 Å². The predicted octanol–water partition coefficient (Wildman–Crippen LogP) is 4.90. The normalized spacial score (nSPS) is 16.3. The molecule has 1 aliphatic rings. The van der Waals surface area contributed by atoms with Gasteiger partial charge in [0.25, 0.3) is 5.91 Å². The van der Waals surface area contributed by atoms with Crippen LogP contribution in [-0.2, 0) is 0 Å². The summed E-state index contributed by atoms with van der Waals surface area (Å²) in [6, 6.07) is 4.29. The van der Waals surface area contributed by atoms with E-state index in [-0.39, 0.29) is 34.6 Å². The second-order valence-electron chi connectivity index (χ2n) is 8.84. The lowest BCUT2D eigenvalue weighted by Crippen LogP contribution is -2.43. The van der Waals surface area contributed by atoms with E-state index in [2.05, 4.69) is 15.4 Å². The van der Waals surface area contributed by atoms with E-state index >= 15 is 4.39 Å². The highest BCUT2D eigenvalue weighted by atomic mass is 19.3. The quantitative estimate of drug-likeness (QED) is 0.358. The lowest BCUT2D eigenvalue weighted by atomic mass is 9.88. The van der Waals surface area contributed by atoms with Crippen molar-refractivity contribution in [2.45, 2.75) is 25.9 Å². The number of nitrogen functional groups attached to an aromatic ring is 1. The standard InChI is InChI=1S/C26H24F5N5O2/c1-13-21(11-34-36(13)26(30)31)17-7-20(24(32)33-10-17)15-2-3-19(22(29)8-15)25(38)35-23(12-37)16-4-14(9-27)5-18(28)6-16/h2-3,5-8,10-11,16,23,26,37H,4,9,12H2,1H3,(H2,32,33)(H,35,38)/t16?,23-/m1/s1. The summed E-state index contributed by atoms with van der Waals surface area (Å²) in [6.07, 6.45) is 4.99. The first-order valence-corrected chi connectivity index (χ1v) is 11.6. The van der Waals surface area contributed by atoms with Crippen LogP contribution in [0.1, 0.15) is 29.0 Å². The molecule has 1 unspecified atom stereocenters. The number of rotatable bonds is 8. The highest BCUT2D eigenvalue weighted by Crippen LogP contribution is 2.33. The lowest BCUT2D eigenvalue weighted by molar-refractivity contribution is 0.0545. The molecule has 2 aromatic heterocycles. The van der Waals surface area contributed by atoms with Crippen molar-refractivity contribution in [1.29, 1.82) is 0 Å². The Morgan fingerprint density at radius 1 is 1.21 bits per heavy atom. The van der Waals surface area contributed by atoms with E-state index in [0.717, 1.165) is 12.1 Å². The molecule has 200 valence electrons. The molecule has 12 heteroatoms. The maximum Gasteiger partial charge on any atom is 0.333 e. The Morgan fingerprint density at radius 2 is 1.97 bits per heavy atom. The fourth-order valence-electron chi connectivity index (χ4n) is 4.38. The Hall–Kier alpha value is -4.06. The molecule has 0 saturated carbocycles. The van der Waals surface area contributed by atoms with Gasteiger partial charge in [0.2, 0.25) is 0 Å². The van der Waals surface area contributed by atoms with Gasteiger partial charge in [-0.1, -0.05) is 6.07 Å². The van der Waals surface area contributed by atoms with Crippen molar-refractivity contribution in [2.24, 2.45) is 5.92 Å². The monoisotopic (exact) mass is 533 g/mol. The summed E-state index contributed by atoms with van der Waals surface area (Å²) >= 11 is 0. The van der Waals surface area contributed by atoms with Gasteiger partial charge in [-0.2, -0.15) is 13.9 Å². The number of hydrogen-bond donors (Lipinski definition) is 3. The number of halogens is 5. The van der Waals surface area contributed by atoms with Crippen LogP contribution in [0, 0.1) is 18.7 Å². The molecular weight excluding hydrogens is 509 g/mol. The van der Waals surface area contributed by atoms with Gasteiger partial charge in [0, 0.05) is 34.5 Å². The number of allylic oxidation sites excluding steroid dienone is 3. The van der Waals surface area contributed by atoms with Gasteiger partial charge in [0.15, 0.2) is 0 Å². The van der Waals surface area contributed by atoms with Crippen LogP contribution >= 0.6 is 0 Å². The van der Waals surface area contributed by atoms with Crippen LogP contribution in [-0.4, -0.2) is 45.1 Å². The smallest absolute Gasteiger partial charge is 0.333 e. The Labute approximate surface area is 214 Å². The zero-order valence-corrected chi connectivity index (χ0v) is 20.1. The minimum Gasteiger partial charge on any atom is -0.394 e. The summed E-state index contributed by atoms with van der Waals surface area (Å²) in [6.45, 7) is -2.79. The van der Waals surface area contributed by atoms with E-state index in [1.165, 1.54) is 37.5 Å². The SMILES string of the molecule is Cc1c(-c2cnc(N)c(-c3ccc(C(=O)N[C@H](CO)C4C=C(F)C=C(CF)C4)c(F)c3)c2)cnn1C(F)F. The van der Waals surface area contributed by atoms with Crippen molar-refractivity contribution in [1.82, 2.24) is 20.1 Å². The first kappa shape index (κ1) is 27.0. The van der Waals surface area contributed by atoms with Gasteiger partial charge < -0.3 is 16.2 Å². The van der Waals surface area contributed by atoms with E-state index in [9.17, 15) is 27.5 Å². The summed E-state index contributed by atoms with van der Waals surface area (Å²) in [7, 11) is 0. The first-order chi connectivity index (χ1) is 18.1. The van der Waals surface area contributed by atoms with Crippen LogP contribution in [0.15, 0.2) is 60.2 Å². The molecule has 0 radical (unpaired) electrons. The van der Waals surface area contributed by atoms with Crippen molar-refractivity contribution in [3.05, 3.63) is 77.3 Å². The molecule has 1 amide bonds. The number of nitrogens with two attached hydrogens (primary N) is 1. The van der Waals surface area contributed by atoms with E-state index in [1.54, 1.807) is 6.07 Å². The second kappa shape index (κ2) is 11.1. The van der Waals surface area contributed by atoms with Gasteiger partial charge in [-0.05, 0) is 54.8 Å². The zero-order valence-electron chi connectivity index (χ0n) is 20.1. The molecular formula is C26H24F5N5O2. The first-order valence-electron chi connectivity index (χ1n) is 11.6. The second-order valence-corrected chi connectivity index (χ2v) is 8.84.